The van der Waals surface area contributed by atoms with Crippen LogP contribution in [0.1, 0.15) is 12.0 Å². The Morgan fingerprint density at radius 2 is 2.09 bits per heavy atom. The number of carbonyl (C=O) groups excluding carboxylic acids is 1. The molecule has 0 bridgehead atoms. The van der Waals surface area contributed by atoms with Crippen molar-refractivity contribution in [3.8, 4) is 0 Å². The van der Waals surface area contributed by atoms with Crippen LogP contribution in [0.25, 0.3) is 0 Å². The van der Waals surface area contributed by atoms with E-state index in [1.807, 2.05) is 36.0 Å². The molecule has 0 unspecified atom stereocenters. The van der Waals surface area contributed by atoms with E-state index in [9.17, 15) is 14.9 Å². The first-order valence-electron chi connectivity index (χ1n) is 7.47. The van der Waals surface area contributed by atoms with Gasteiger partial charge in [-0.25, -0.2) is 0 Å². The normalized spacial score (nSPS) is 24.7. The molecule has 1 aliphatic heterocycles. The average Bonchev–Trinajstić information content (AvgIpc) is 3.31. The summed E-state index contributed by atoms with van der Waals surface area (Å²) in [5, 5.41) is 13.5. The monoisotopic (exact) mass is 321 g/mol. The summed E-state index contributed by atoms with van der Waals surface area (Å²) in [4.78, 5) is 24.8. The van der Waals surface area contributed by atoms with E-state index in [2.05, 4.69) is 10.2 Å². The second kappa shape index (κ2) is 6.66. The number of hydrogen-bond donors (Lipinski definition) is 1. The second-order valence-corrected chi connectivity index (χ2v) is 6.95. The smallest absolute Gasteiger partial charge is 0.234 e. The number of anilines is 1. The number of amides is 1. The third kappa shape index (κ3) is 3.59. The number of nitrogens with zero attached hydrogens (tertiary/aromatic N) is 2. The largest absolute Gasteiger partial charge is 0.325 e. The van der Waals surface area contributed by atoms with Crippen LogP contribution in [-0.4, -0.2) is 46.4 Å². The molecule has 2 fully saturated rings. The minimum absolute atomic E-state index is 0.233. The predicted octanol–water partition coefficient (Wildman–Crippen LogP) is 1.84. The molecule has 7 heteroatoms. The number of nitrogens with one attached hydrogen (secondary N) is 1. The first kappa shape index (κ1) is 15.3. The lowest BCUT2D eigenvalue weighted by Crippen LogP contribution is -2.32. The lowest BCUT2D eigenvalue weighted by atomic mass is 10.1. The molecule has 1 saturated heterocycles. The van der Waals surface area contributed by atoms with Gasteiger partial charge in [0.25, 0.3) is 0 Å². The summed E-state index contributed by atoms with van der Waals surface area (Å²) in [5.74, 6) is 1.57. The number of benzene rings is 1. The summed E-state index contributed by atoms with van der Waals surface area (Å²) in [7, 11) is 0. The summed E-state index contributed by atoms with van der Waals surface area (Å²) in [6, 6.07) is 7.01. The molecule has 3 rings (SSSR count). The standard InChI is InChI=1S/C15H19N3O3S/c19-15(12-9-14(12)18(20)21)16-13-4-2-1-3-11(13)10-17-5-7-22-8-6-17/h1-4,12,14H,5-10H2,(H,16,19)/t12-,14-/m1/s1. The molecule has 1 aromatic rings. The van der Waals surface area contributed by atoms with E-state index in [-0.39, 0.29) is 10.8 Å². The van der Waals surface area contributed by atoms with Crippen molar-refractivity contribution in [3.05, 3.63) is 39.9 Å². The molecule has 2 atom stereocenters. The van der Waals surface area contributed by atoms with Gasteiger partial charge in [-0.05, 0) is 11.6 Å². The van der Waals surface area contributed by atoms with Crippen LogP contribution in [0, 0.1) is 16.0 Å². The van der Waals surface area contributed by atoms with Gasteiger partial charge in [0.15, 0.2) is 0 Å². The van der Waals surface area contributed by atoms with E-state index in [4.69, 9.17) is 0 Å². The van der Waals surface area contributed by atoms with Gasteiger partial charge in [-0.1, -0.05) is 18.2 Å². The van der Waals surface area contributed by atoms with Crippen LogP contribution in [0.15, 0.2) is 24.3 Å². The minimum Gasteiger partial charge on any atom is -0.325 e. The Morgan fingerprint density at radius 3 is 2.77 bits per heavy atom. The highest BCUT2D eigenvalue weighted by Crippen LogP contribution is 2.34. The number of thioether (sulfide) groups is 1. The number of para-hydroxylation sites is 1. The zero-order chi connectivity index (χ0) is 15.5. The zero-order valence-electron chi connectivity index (χ0n) is 12.2. The number of carbonyl (C=O) groups is 1. The highest BCUT2D eigenvalue weighted by Gasteiger charge is 2.53. The molecule has 1 saturated carbocycles. The maximum absolute atomic E-state index is 12.1. The third-order valence-electron chi connectivity index (χ3n) is 4.14. The Labute approximate surface area is 133 Å². The van der Waals surface area contributed by atoms with Crippen molar-refractivity contribution >= 4 is 23.4 Å². The highest BCUT2D eigenvalue weighted by atomic mass is 32.2. The topological polar surface area (TPSA) is 75.5 Å². The van der Waals surface area contributed by atoms with E-state index in [0.29, 0.717) is 6.42 Å². The molecule has 1 N–H and O–H groups in total. The Balaban J connectivity index is 1.63. The summed E-state index contributed by atoms with van der Waals surface area (Å²) < 4.78 is 0. The average molecular weight is 321 g/mol. The fourth-order valence-corrected chi connectivity index (χ4v) is 3.68. The van der Waals surface area contributed by atoms with E-state index >= 15 is 0 Å². The maximum atomic E-state index is 12.1. The van der Waals surface area contributed by atoms with Gasteiger partial charge < -0.3 is 5.32 Å². The van der Waals surface area contributed by atoms with Crippen LogP contribution >= 0.6 is 11.8 Å². The van der Waals surface area contributed by atoms with E-state index in [1.165, 1.54) is 0 Å². The summed E-state index contributed by atoms with van der Waals surface area (Å²) in [5.41, 5.74) is 1.85. The predicted molar refractivity (Wildman–Crippen MR) is 86.6 cm³/mol. The van der Waals surface area contributed by atoms with Crippen molar-refractivity contribution in [1.82, 2.24) is 4.90 Å². The van der Waals surface area contributed by atoms with Gasteiger partial charge in [-0.3, -0.25) is 19.8 Å². The van der Waals surface area contributed by atoms with Crippen molar-refractivity contribution in [3.63, 3.8) is 0 Å². The van der Waals surface area contributed by atoms with Crippen LogP contribution in [0.5, 0.6) is 0 Å². The van der Waals surface area contributed by atoms with Crippen molar-refractivity contribution in [1.29, 1.82) is 0 Å². The fraction of sp³-hybridized carbons (Fsp3) is 0.533. The molecule has 1 aliphatic carbocycles. The summed E-state index contributed by atoms with van der Waals surface area (Å²) >= 11 is 1.96. The minimum atomic E-state index is -0.703. The lowest BCUT2D eigenvalue weighted by Gasteiger charge is -2.27. The van der Waals surface area contributed by atoms with Gasteiger partial charge in [0.05, 0.1) is 0 Å². The van der Waals surface area contributed by atoms with E-state index in [1.54, 1.807) is 0 Å². The lowest BCUT2D eigenvalue weighted by molar-refractivity contribution is -0.497. The molecule has 118 valence electrons. The van der Waals surface area contributed by atoms with Crippen LogP contribution in [0.3, 0.4) is 0 Å². The third-order valence-corrected chi connectivity index (χ3v) is 5.08. The van der Waals surface area contributed by atoms with Gasteiger partial charge >= 0.3 is 0 Å². The van der Waals surface area contributed by atoms with Crippen LogP contribution in [0.2, 0.25) is 0 Å². The first-order chi connectivity index (χ1) is 10.6. The van der Waals surface area contributed by atoms with Gasteiger partial charge in [-0.2, -0.15) is 11.8 Å². The van der Waals surface area contributed by atoms with Crippen LogP contribution in [0.4, 0.5) is 5.69 Å². The Hall–Kier alpha value is -1.60. The summed E-state index contributed by atoms with van der Waals surface area (Å²) in [6.45, 7) is 2.91. The highest BCUT2D eigenvalue weighted by molar-refractivity contribution is 7.99. The van der Waals surface area contributed by atoms with Crippen molar-refractivity contribution in [2.75, 3.05) is 29.9 Å². The van der Waals surface area contributed by atoms with E-state index < -0.39 is 12.0 Å². The number of nitro groups is 1. The van der Waals surface area contributed by atoms with Crippen LogP contribution in [-0.2, 0) is 11.3 Å². The molecule has 6 nitrogen and oxygen atoms in total. The van der Waals surface area contributed by atoms with Gasteiger partial charge in [0, 0.05) is 48.2 Å². The van der Waals surface area contributed by atoms with Crippen molar-refractivity contribution < 1.29 is 9.72 Å². The molecular weight excluding hydrogens is 302 g/mol. The molecule has 0 radical (unpaired) electrons. The second-order valence-electron chi connectivity index (χ2n) is 5.73. The van der Waals surface area contributed by atoms with Gasteiger partial charge in [-0.15, -0.1) is 0 Å². The van der Waals surface area contributed by atoms with Gasteiger partial charge in [0.2, 0.25) is 11.9 Å². The van der Waals surface area contributed by atoms with Crippen molar-refractivity contribution in [2.45, 2.75) is 19.0 Å². The fourth-order valence-electron chi connectivity index (χ4n) is 2.70. The molecule has 22 heavy (non-hydrogen) atoms. The maximum Gasteiger partial charge on any atom is 0.234 e. The van der Waals surface area contributed by atoms with E-state index in [0.717, 1.165) is 42.4 Å². The number of rotatable bonds is 5. The molecule has 0 spiro atoms. The Bertz CT molecular complexity index is 575. The number of hydrogen-bond acceptors (Lipinski definition) is 5. The molecule has 1 aromatic carbocycles. The quantitative estimate of drug-likeness (QED) is 0.661. The van der Waals surface area contributed by atoms with Gasteiger partial charge in [0.1, 0.15) is 5.92 Å². The molecular formula is C15H19N3O3S. The molecule has 0 aromatic heterocycles. The SMILES string of the molecule is O=C(Nc1ccccc1CN1CCSCC1)[C@@H]1C[C@H]1[N+](=O)[O-]. The summed E-state index contributed by atoms with van der Waals surface area (Å²) in [6.07, 6.45) is 0.352. The molecule has 2 aliphatic rings. The first-order valence-corrected chi connectivity index (χ1v) is 8.63. The Morgan fingerprint density at radius 1 is 1.36 bits per heavy atom. The zero-order valence-corrected chi connectivity index (χ0v) is 13.1. The van der Waals surface area contributed by atoms with Crippen LogP contribution < -0.4 is 5.32 Å². The van der Waals surface area contributed by atoms with Crippen molar-refractivity contribution in [2.24, 2.45) is 5.92 Å². The molecule has 1 heterocycles. The Kier molecular flexibility index (Phi) is 4.63. The molecule has 1 amide bonds.